The molecule has 0 spiro atoms. The third-order valence-electron chi connectivity index (χ3n) is 4.55. The van der Waals surface area contributed by atoms with Crippen LogP contribution in [0.1, 0.15) is 6.92 Å². The van der Waals surface area contributed by atoms with Crippen LogP contribution in [-0.2, 0) is 0 Å². The maximum atomic E-state index is 13.5. The second kappa shape index (κ2) is 8.77. The van der Waals surface area contributed by atoms with Gasteiger partial charge in [0.15, 0.2) is 0 Å². The van der Waals surface area contributed by atoms with Gasteiger partial charge < -0.3 is 14.2 Å². The van der Waals surface area contributed by atoms with Crippen LogP contribution in [0, 0.1) is 0 Å². The third-order valence-corrected chi connectivity index (χ3v) is 4.55. The highest BCUT2D eigenvalue weighted by molar-refractivity contribution is 5.90. The number of hydrogen-bond donors (Lipinski definition) is 0. The summed E-state index contributed by atoms with van der Waals surface area (Å²) in [6.07, 6.45) is -3.77. The number of aromatic nitrogens is 4. The van der Waals surface area contributed by atoms with Gasteiger partial charge in [-0.3, -0.25) is 4.79 Å². The number of alkyl halides is 3. The number of benzene rings is 1. The standard InChI is InChI=1S/C22H17F3N4O4/c1-3-32-18-11-9-16-20(27-18)19(13-4-10-17(26-12-13)33-22(23,24)25)21(30)29(28-16)14-5-7-15(31-2)8-6-14/h4-12H,3H2,1-2H3. The zero-order valence-electron chi connectivity index (χ0n) is 17.5. The van der Waals surface area contributed by atoms with Gasteiger partial charge in [0.2, 0.25) is 11.8 Å². The van der Waals surface area contributed by atoms with Gasteiger partial charge in [0, 0.05) is 23.9 Å². The summed E-state index contributed by atoms with van der Waals surface area (Å²) in [7, 11) is 1.52. The highest BCUT2D eigenvalue weighted by atomic mass is 19.4. The fourth-order valence-corrected chi connectivity index (χ4v) is 3.15. The summed E-state index contributed by atoms with van der Waals surface area (Å²) in [4.78, 5) is 21.5. The second-order valence-corrected chi connectivity index (χ2v) is 6.67. The molecule has 11 heteroatoms. The van der Waals surface area contributed by atoms with Crippen molar-refractivity contribution in [2.45, 2.75) is 13.3 Å². The van der Waals surface area contributed by atoms with Crippen LogP contribution in [-0.4, -0.2) is 39.8 Å². The Hall–Kier alpha value is -4.15. The van der Waals surface area contributed by atoms with E-state index in [2.05, 4.69) is 19.8 Å². The molecule has 0 aliphatic rings. The number of hydrogen-bond acceptors (Lipinski definition) is 7. The van der Waals surface area contributed by atoms with E-state index in [1.54, 1.807) is 43.3 Å². The molecule has 0 aliphatic heterocycles. The molecule has 0 atom stereocenters. The van der Waals surface area contributed by atoms with Crippen molar-refractivity contribution < 1.29 is 27.4 Å². The smallest absolute Gasteiger partial charge is 0.497 e. The van der Waals surface area contributed by atoms with Crippen molar-refractivity contribution in [3.05, 3.63) is 65.1 Å². The highest BCUT2D eigenvalue weighted by Gasteiger charge is 2.31. The largest absolute Gasteiger partial charge is 0.574 e. The average molecular weight is 458 g/mol. The molecule has 3 heterocycles. The van der Waals surface area contributed by atoms with Gasteiger partial charge in [-0.15, -0.1) is 13.2 Å². The average Bonchev–Trinajstić information content (AvgIpc) is 2.79. The summed E-state index contributed by atoms with van der Waals surface area (Å²) in [6.45, 7) is 2.14. The van der Waals surface area contributed by atoms with Gasteiger partial charge >= 0.3 is 6.36 Å². The van der Waals surface area contributed by atoms with E-state index in [1.807, 2.05) is 0 Å². The predicted octanol–water partition coefficient (Wildman–Crippen LogP) is 4.15. The Labute approximate surface area is 185 Å². The SMILES string of the molecule is CCOc1ccc2nn(-c3ccc(OC)cc3)c(=O)c(-c3ccc(OC(F)(F)F)nc3)c2n1. The lowest BCUT2D eigenvalue weighted by atomic mass is 10.1. The van der Waals surface area contributed by atoms with Gasteiger partial charge in [0.1, 0.15) is 16.8 Å². The normalized spacial score (nSPS) is 11.4. The molecular formula is C22H17F3N4O4. The maximum Gasteiger partial charge on any atom is 0.574 e. The lowest BCUT2D eigenvalue weighted by molar-refractivity contribution is -0.276. The van der Waals surface area contributed by atoms with Crippen LogP contribution in [0.5, 0.6) is 17.5 Å². The van der Waals surface area contributed by atoms with Crippen LogP contribution in [0.3, 0.4) is 0 Å². The van der Waals surface area contributed by atoms with Gasteiger partial charge in [0.25, 0.3) is 5.56 Å². The summed E-state index contributed by atoms with van der Waals surface area (Å²) >= 11 is 0. The van der Waals surface area contributed by atoms with E-state index in [-0.39, 0.29) is 22.5 Å². The predicted molar refractivity (Wildman–Crippen MR) is 113 cm³/mol. The lowest BCUT2D eigenvalue weighted by Crippen LogP contribution is -2.24. The lowest BCUT2D eigenvalue weighted by Gasteiger charge is -2.13. The molecule has 0 fully saturated rings. The fourth-order valence-electron chi connectivity index (χ4n) is 3.15. The summed E-state index contributed by atoms with van der Waals surface area (Å²) < 4.78 is 53.1. The quantitative estimate of drug-likeness (QED) is 0.429. The van der Waals surface area contributed by atoms with E-state index in [0.29, 0.717) is 23.6 Å². The summed E-state index contributed by atoms with van der Waals surface area (Å²) in [5, 5.41) is 4.41. The van der Waals surface area contributed by atoms with E-state index in [4.69, 9.17) is 9.47 Å². The van der Waals surface area contributed by atoms with Crippen LogP contribution in [0.25, 0.3) is 27.8 Å². The zero-order valence-corrected chi connectivity index (χ0v) is 17.5. The van der Waals surface area contributed by atoms with Gasteiger partial charge in [-0.1, -0.05) is 0 Å². The highest BCUT2D eigenvalue weighted by Crippen LogP contribution is 2.28. The molecule has 0 N–H and O–H groups in total. The monoisotopic (exact) mass is 458 g/mol. The number of nitrogens with zero attached hydrogens (tertiary/aromatic N) is 4. The van der Waals surface area contributed by atoms with E-state index in [1.165, 1.54) is 17.9 Å². The Morgan fingerprint density at radius 2 is 1.73 bits per heavy atom. The number of halogens is 3. The number of ether oxygens (including phenoxy) is 3. The molecule has 170 valence electrons. The van der Waals surface area contributed by atoms with E-state index in [0.717, 1.165) is 12.3 Å². The number of methoxy groups -OCH3 is 1. The number of fused-ring (bicyclic) bond motifs is 1. The number of pyridine rings is 2. The van der Waals surface area contributed by atoms with E-state index >= 15 is 0 Å². The van der Waals surface area contributed by atoms with Crippen LogP contribution in [0.4, 0.5) is 13.2 Å². The van der Waals surface area contributed by atoms with Gasteiger partial charge in [-0.2, -0.15) is 9.78 Å². The molecule has 1 aromatic carbocycles. The van der Waals surface area contributed by atoms with Crippen LogP contribution in [0.2, 0.25) is 0 Å². The molecule has 0 amide bonds. The van der Waals surface area contributed by atoms with Gasteiger partial charge in [0.05, 0.1) is 25.0 Å². The van der Waals surface area contributed by atoms with Crippen molar-refractivity contribution in [2.75, 3.05) is 13.7 Å². The molecule has 4 aromatic rings. The van der Waals surface area contributed by atoms with Crippen molar-refractivity contribution >= 4 is 11.0 Å². The van der Waals surface area contributed by atoms with E-state index < -0.39 is 17.8 Å². The molecule has 0 saturated carbocycles. The minimum atomic E-state index is -4.88. The Morgan fingerprint density at radius 3 is 2.33 bits per heavy atom. The molecule has 8 nitrogen and oxygen atoms in total. The van der Waals surface area contributed by atoms with E-state index in [9.17, 15) is 18.0 Å². The van der Waals surface area contributed by atoms with Crippen molar-refractivity contribution in [1.82, 2.24) is 19.7 Å². The Bertz CT molecular complexity index is 1340. The molecule has 33 heavy (non-hydrogen) atoms. The van der Waals surface area contributed by atoms with Gasteiger partial charge in [-0.05, 0) is 43.3 Å². The molecule has 0 unspecified atom stereocenters. The van der Waals surface area contributed by atoms with Crippen LogP contribution < -0.4 is 19.8 Å². The Morgan fingerprint density at radius 1 is 1.00 bits per heavy atom. The Balaban J connectivity index is 1.92. The third kappa shape index (κ3) is 4.71. The zero-order chi connectivity index (χ0) is 23.6. The summed E-state index contributed by atoms with van der Waals surface area (Å²) in [5.41, 5.74) is 0.859. The molecule has 0 bridgehead atoms. The molecule has 0 aliphatic carbocycles. The van der Waals surface area contributed by atoms with Crippen molar-refractivity contribution in [2.24, 2.45) is 0 Å². The van der Waals surface area contributed by atoms with Crippen molar-refractivity contribution in [3.8, 4) is 34.3 Å². The van der Waals surface area contributed by atoms with Crippen molar-refractivity contribution in [1.29, 1.82) is 0 Å². The topological polar surface area (TPSA) is 88.4 Å². The fraction of sp³-hybridized carbons (Fsp3) is 0.182. The molecule has 4 rings (SSSR count). The van der Waals surface area contributed by atoms with Gasteiger partial charge in [-0.25, -0.2) is 9.97 Å². The van der Waals surface area contributed by atoms with Crippen molar-refractivity contribution in [3.63, 3.8) is 0 Å². The molecule has 0 saturated heterocycles. The van der Waals surface area contributed by atoms with Crippen LogP contribution in [0.15, 0.2) is 59.5 Å². The molecule has 3 aromatic heterocycles. The minimum absolute atomic E-state index is 0.100. The summed E-state index contributed by atoms with van der Waals surface area (Å²) in [6, 6.07) is 12.3. The Kier molecular flexibility index (Phi) is 5.86. The second-order valence-electron chi connectivity index (χ2n) is 6.67. The van der Waals surface area contributed by atoms with Crippen LogP contribution >= 0.6 is 0 Å². The first-order valence-corrected chi connectivity index (χ1v) is 9.72. The first kappa shape index (κ1) is 22.1. The first-order chi connectivity index (χ1) is 15.8. The summed E-state index contributed by atoms with van der Waals surface area (Å²) in [5.74, 6) is 0.225. The minimum Gasteiger partial charge on any atom is -0.497 e. The number of rotatable bonds is 6. The maximum absolute atomic E-state index is 13.5. The molecular weight excluding hydrogens is 441 g/mol. The molecule has 0 radical (unpaired) electrons. The first-order valence-electron chi connectivity index (χ1n) is 9.72.